The Morgan fingerprint density at radius 1 is 0.913 bits per heavy atom. The molecule has 11 heteroatoms. The van der Waals surface area contributed by atoms with Crippen LogP contribution in [0.3, 0.4) is 0 Å². The Kier molecular flexibility index (Phi) is 10.4. The number of methoxy groups -OCH3 is 2. The van der Waals surface area contributed by atoms with Crippen LogP contribution >= 0.6 is 23.2 Å². The summed E-state index contributed by atoms with van der Waals surface area (Å²) in [5.41, 5.74) is 6.39. The van der Waals surface area contributed by atoms with Crippen molar-refractivity contribution in [1.82, 2.24) is 25.9 Å². The molecule has 2 aromatic heterocycles. The van der Waals surface area contributed by atoms with Crippen LogP contribution in [0.1, 0.15) is 30.4 Å². The lowest BCUT2D eigenvalue weighted by molar-refractivity contribution is -0.119. The monoisotopic (exact) mass is 661 g/mol. The molecule has 46 heavy (non-hydrogen) atoms. The smallest absolute Gasteiger partial charge is 0.220 e. The van der Waals surface area contributed by atoms with Gasteiger partial charge in [-0.05, 0) is 31.0 Å². The second-order valence-electron chi connectivity index (χ2n) is 11.4. The lowest BCUT2D eigenvalue weighted by atomic mass is 9.99. The molecule has 3 N–H and O–H groups in total. The number of nitrogens with zero attached hydrogens (tertiary/aromatic N) is 2. The summed E-state index contributed by atoms with van der Waals surface area (Å²) in [5.74, 6) is 1.37. The fraction of sp³-hybridized carbons (Fsp3) is 0.343. The van der Waals surface area contributed by atoms with Gasteiger partial charge in [-0.3, -0.25) is 9.78 Å². The molecule has 2 aliphatic rings. The molecule has 6 rings (SSSR count). The van der Waals surface area contributed by atoms with Gasteiger partial charge in [0, 0.05) is 84.8 Å². The molecule has 0 radical (unpaired) electrons. The maximum atomic E-state index is 11.5. The molecule has 240 valence electrons. The van der Waals surface area contributed by atoms with Crippen LogP contribution in [0.25, 0.3) is 33.6 Å². The molecule has 2 aliphatic heterocycles. The van der Waals surface area contributed by atoms with E-state index in [9.17, 15) is 4.79 Å². The zero-order valence-corrected chi connectivity index (χ0v) is 27.4. The van der Waals surface area contributed by atoms with E-state index in [1.54, 1.807) is 20.4 Å². The van der Waals surface area contributed by atoms with Crippen molar-refractivity contribution in [1.29, 1.82) is 0 Å². The van der Waals surface area contributed by atoms with Gasteiger partial charge in [-0.25, -0.2) is 4.98 Å². The largest absolute Gasteiger partial charge is 0.496 e. The van der Waals surface area contributed by atoms with E-state index in [1.165, 1.54) is 0 Å². The quantitative estimate of drug-likeness (QED) is 0.159. The zero-order chi connectivity index (χ0) is 32.0. The van der Waals surface area contributed by atoms with Gasteiger partial charge in [0.05, 0.1) is 41.8 Å². The molecule has 0 spiro atoms. The molecule has 4 heterocycles. The van der Waals surface area contributed by atoms with E-state index < -0.39 is 0 Å². The number of rotatable bonds is 13. The first-order chi connectivity index (χ1) is 22.4. The second kappa shape index (κ2) is 14.8. The molecule has 2 saturated heterocycles. The highest BCUT2D eigenvalue weighted by Crippen LogP contribution is 2.42. The number of ether oxygens (including phenoxy) is 3. The van der Waals surface area contributed by atoms with E-state index in [0.717, 1.165) is 65.1 Å². The van der Waals surface area contributed by atoms with Gasteiger partial charge in [0.15, 0.2) is 0 Å². The van der Waals surface area contributed by atoms with Gasteiger partial charge in [0.2, 0.25) is 11.8 Å². The number of aromatic nitrogens is 2. The zero-order valence-electron chi connectivity index (χ0n) is 25.9. The highest BCUT2D eigenvalue weighted by Gasteiger charge is 2.22. The number of nitrogens with one attached hydrogen (secondary N) is 3. The molecule has 0 unspecified atom stereocenters. The summed E-state index contributed by atoms with van der Waals surface area (Å²) >= 11 is 14.1. The van der Waals surface area contributed by atoms with E-state index in [0.29, 0.717) is 59.5 Å². The number of benzene rings is 2. The number of amides is 1. The van der Waals surface area contributed by atoms with E-state index in [-0.39, 0.29) is 11.9 Å². The third kappa shape index (κ3) is 7.14. The van der Waals surface area contributed by atoms with Gasteiger partial charge >= 0.3 is 0 Å². The summed E-state index contributed by atoms with van der Waals surface area (Å²) < 4.78 is 16.9. The standard InChI is InChI=1S/C35H37Cl2N5O4/c1-44-30-16-21(6-7-22(30)17-39-20-25-13-15-46-25)34-33(37)27(12-14-40-34)26-4-3-5-28(32(26)36)29-10-8-23(35(42-29)45-2)18-38-19-24-9-11-31(43)41-24/h3-8,10,12,14,16,24-25,38-39H,9,11,13,15,17-20H2,1-2H3,(H,41,43)/t24-,25+/m0/s1. The number of carbonyl (C=O) groups excluding carboxylic acids is 1. The average Bonchev–Trinajstić information content (AvgIpc) is 3.47. The predicted molar refractivity (Wildman–Crippen MR) is 180 cm³/mol. The van der Waals surface area contributed by atoms with Crippen molar-refractivity contribution >= 4 is 29.1 Å². The molecular formula is C35H37Cl2N5O4. The van der Waals surface area contributed by atoms with Crippen molar-refractivity contribution in [3.63, 3.8) is 0 Å². The van der Waals surface area contributed by atoms with Crippen molar-refractivity contribution in [2.24, 2.45) is 0 Å². The normalized spacial score (nSPS) is 17.4. The minimum absolute atomic E-state index is 0.104. The third-order valence-corrected chi connectivity index (χ3v) is 9.21. The van der Waals surface area contributed by atoms with Crippen molar-refractivity contribution in [3.8, 4) is 45.3 Å². The summed E-state index contributed by atoms with van der Waals surface area (Å²) in [6.07, 6.45) is 4.54. The first-order valence-corrected chi connectivity index (χ1v) is 16.2. The SMILES string of the molecule is COc1cc(-c2nccc(-c3cccc(-c4ccc(CNC[C@@H]5CCC(=O)N5)c(OC)n4)c3Cl)c2Cl)ccc1CNC[C@H]1CCO1. The first kappa shape index (κ1) is 32.2. The molecule has 2 atom stereocenters. The summed E-state index contributed by atoms with van der Waals surface area (Å²) in [6.45, 7) is 3.57. The van der Waals surface area contributed by atoms with Gasteiger partial charge in [-0.15, -0.1) is 0 Å². The minimum Gasteiger partial charge on any atom is -0.496 e. The Labute approximate surface area is 279 Å². The van der Waals surface area contributed by atoms with Crippen LogP contribution in [0.15, 0.2) is 60.8 Å². The van der Waals surface area contributed by atoms with E-state index in [2.05, 4.69) is 20.9 Å². The Morgan fingerprint density at radius 3 is 2.41 bits per heavy atom. The first-order valence-electron chi connectivity index (χ1n) is 15.4. The predicted octanol–water partition coefficient (Wildman–Crippen LogP) is 6.05. The van der Waals surface area contributed by atoms with Gasteiger partial charge in [0.1, 0.15) is 5.75 Å². The Hall–Kier alpha value is -3.73. The van der Waals surface area contributed by atoms with E-state index >= 15 is 0 Å². The molecule has 4 aromatic rings. The summed E-state index contributed by atoms with van der Waals surface area (Å²) in [5, 5.41) is 10.8. The van der Waals surface area contributed by atoms with E-state index in [1.807, 2.05) is 54.6 Å². The summed E-state index contributed by atoms with van der Waals surface area (Å²) in [7, 11) is 3.27. The Bertz CT molecular complexity index is 1710. The van der Waals surface area contributed by atoms with Crippen LogP contribution in [0.4, 0.5) is 0 Å². The maximum absolute atomic E-state index is 11.5. The van der Waals surface area contributed by atoms with Crippen LogP contribution in [-0.4, -0.2) is 61.9 Å². The highest BCUT2D eigenvalue weighted by molar-refractivity contribution is 6.39. The van der Waals surface area contributed by atoms with Crippen LogP contribution in [0.2, 0.25) is 10.0 Å². The molecule has 0 aliphatic carbocycles. The molecule has 2 aromatic carbocycles. The molecule has 0 bridgehead atoms. The van der Waals surface area contributed by atoms with Gasteiger partial charge in [-0.2, -0.15) is 0 Å². The number of halogens is 2. The molecule has 2 fully saturated rings. The van der Waals surface area contributed by atoms with Crippen LogP contribution in [0.5, 0.6) is 11.6 Å². The Morgan fingerprint density at radius 2 is 1.67 bits per heavy atom. The van der Waals surface area contributed by atoms with Crippen molar-refractivity contribution < 1.29 is 19.0 Å². The topological polar surface area (TPSA) is 107 Å². The molecule has 0 saturated carbocycles. The van der Waals surface area contributed by atoms with Crippen molar-refractivity contribution in [2.75, 3.05) is 33.9 Å². The minimum atomic E-state index is 0.104. The average molecular weight is 663 g/mol. The lowest BCUT2D eigenvalue weighted by Gasteiger charge is -2.26. The van der Waals surface area contributed by atoms with E-state index in [4.69, 9.17) is 42.4 Å². The fourth-order valence-corrected chi connectivity index (χ4v) is 6.43. The number of pyridine rings is 2. The summed E-state index contributed by atoms with van der Waals surface area (Å²) in [6, 6.07) is 17.7. The number of carbonyl (C=O) groups is 1. The van der Waals surface area contributed by atoms with Crippen molar-refractivity contribution in [3.05, 3.63) is 82.0 Å². The van der Waals surface area contributed by atoms with Crippen LogP contribution in [0, 0.1) is 0 Å². The van der Waals surface area contributed by atoms with Crippen LogP contribution < -0.4 is 25.4 Å². The lowest BCUT2D eigenvalue weighted by Crippen LogP contribution is -2.36. The highest BCUT2D eigenvalue weighted by atomic mass is 35.5. The molecule has 1 amide bonds. The van der Waals surface area contributed by atoms with Gasteiger partial charge in [0.25, 0.3) is 0 Å². The molecular weight excluding hydrogens is 625 g/mol. The fourth-order valence-electron chi connectivity index (χ4n) is 5.78. The second-order valence-corrected chi connectivity index (χ2v) is 12.2. The third-order valence-electron chi connectivity index (χ3n) is 8.42. The number of hydrogen-bond donors (Lipinski definition) is 3. The summed E-state index contributed by atoms with van der Waals surface area (Å²) in [4.78, 5) is 20.9. The maximum Gasteiger partial charge on any atom is 0.220 e. The Balaban J connectivity index is 1.22. The van der Waals surface area contributed by atoms with Gasteiger partial charge < -0.3 is 30.2 Å². The van der Waals surface area contributed by atoms with Gasteiger partial charge in [-0.1, -0.05) is 59.6 Å². The number of hydrogen-bond acceptors (Lipinski definition) is 8. The molecule has 9 nitrogen and oxygen atoms in total. The van der Waals surface area contributed by atoms with Crippen molar-refractivity contribution in [2.45, 2.75) is 44.5 Å². The van der Waals surface area contributed by atoms with Crippen LogP contribution in [-0.2, 0) is 22.6 Å².